The second-order valence-electron chi connectivity index (χ2n) is 5.27. The van der Waals surface area contributed by atoms with Crippen LogP contribution in [0, 0.1) is 11.3 Å². The van der Waals surface area contributed by atoms with Crippen LogP contribution in [0.1, 0.15) is 47.0 Å². The molecular formula is C12H26N2O2. The maximum atomic E-state index is 8.59. The molecule has 0 heterocycles. The van der Waals surface area contributed by atoms with Crippen molar-refractivity contribution in [2.24, 2.45) is 22.2 Å². The summed E-state index contributed by atoms with van der Waals surface area (Å²) in [5, 5.41) is 11.6. The third-order valence-corrected chi connectivity index (χ3v) is 2.74. The van der Waals surface area contributed by atoms with E-state index in [1.54, 1.807) is 0 Å². The van der Waals surface area contributed by atoms with Gasteiger partial charge in [-0.1, -0.05) is 32.9 Å². The fourth-order valence-electron chi connectivity index (χ4n) is 1.29. The number of nitrogens with zero attached hydrogens (tertiary/aromatic N) is 1. The molecule has 0 aliphatic carbocycles. The van der Waals surface area contributed by atoms with Gasteiger partial charge in [-0.15, -0.1) is 0 Å². The highest BCUT2D eigenvalue weighted by molar-refractivity contribution is 5.85. The Morgan fingerprint density at radius 2 is 2.00 bits per heavy atom. The zero-order chi connectivity index (χ0) is 12.6. The SMILES string of the molecule is CC(C)CCCOCCC(C)(C)C(N)=NO. The van der Waals surface area contributed by atoms with Crippen LogP contribution in [0.4, 0.5) is 0 Å². The van der Waals surface area contributed by atoms with Crippen molar-refractivity contribution in [1.82, 2.24) is 0 Å². The topological polar surface area (TPSA) is 67.8 Å². The highest BCUT2D eigenvalue weighted by atomic mass is 16.5. The van der Waals surface area contributed by atoms with Gasteiger partial charge in [0.15, 0.2) is 0 Å². The van der Waals surface area contributed by atoms with Gasteiger partial charge in [-0.3, -0.25) is 0 Å². The van der Waals surface area contributed by atoms with Gasteiger partial charge >= 0.3 is 0 Å². The van der Waals surface area contributed by atoms with Gasteiger partial charge in [0.1, 0.15) is 5.84 Å². The molecule has 0 saturated heterocycles. The maximum absolute atomic E-state index is 8.59. The summed E-state index contributed by atoms with van der Waals surface area (Å²) in [6.45, 7) is 9.76. The summed E-state index contributed by atoms with van der Waals surface area (Å²) < 4.78 is 5.52. The van der Waals surface area contributed by atoms with E-state index in [9.17, 15) is 0 Å². The molecule has 0 fully saturated rings. The molecule has 4 heteroatoms. The number of hydrogen-bond acceptors (Lipinski definition) is 3. The quantitative estimate of drug-likeness (QED) is 0.221. The Morgan fingerprint density at radius 3 is 2.50 bits per heavy atom. The summed E-state index contributed by atoms with van der Waals surface area (Å²) in [4.78, 5) is 0. The third-order valence-electron chi connectivity index (χ3n) is 2.74. The summed E-state index contributed by atoms with van der Waals surface area (Å²) >= 11 is 0. The number of amidine groups is 1. The van der Waals surface area contributed by atoms with Gasteiger partial charge in [0, 0.05) is 18.6 Å². The summed E-state index contributed by atoms with van der Waals surface area (Å²) in [6.07, 6.45) is 3.07. The molecule has 0 bridgehead atoms. The molecule has 0 aliphatic heterocycles. The Labute approximate surface area is 98.9 Å². The van der Waals surface area contributed by atoms with Crippen LogP contribution < -0.4 is 5.73 Å². The van der Waals surface area contributed by atoms with Crippen LogP contribution in [0.5, 0.6) is 0 Å². The second-order valence-corrected chi connectivity index (χ2v) is 5.27. The molecule has 0 amide bonds. The number of oxime groups is 1. The second kappa shape index (κ2) is 7.49. The lowest BCUT2D eigenvalue weighted by Gasteiger charge is -2.22. The average Bonchev–Trinajstić information content (AvgIpc) is 2.21. The molecule has 0 rings (SSSR count). The van der Waals surface area contributed by atoms with Crippen LogP contribution in [-0.2, 0) is 4.74 Å². The van der Waals surface area contributed by atoms with Gasteiger partial charge in [0.2, 0.25) is 0 Å². The predicted molar refractivity (Wildman–Crippen MR) is 66.7 cm³/mol. The number of hydrogen-bond donors (Lipinski definition) is 2. The molecule has 0 aromatic carbocycles. The van der Waals surface area contributed by atoms with Crippen LogP contribution in [0.2, 0.25) is 0 Å². The van der Waals surface area contributed by atoms with Gasteiger partial charge in [0.25, 0.3) is 0 Å². The normalized spacial score (nSPS) is 13.4. The lowest BCUT2D eigenvalue weighted by Crippen LogP contribution is -2.33. The van der Waals surface area contributed by atoms with E-state index in [2.05, 4.69) is 19.0 Å². The molecular weight excluding hydrogens is 204 g/mol. The van der Waals surface area contributed by atoms with Crippen molar-refractivity contribution in [2.75, 3.05) is 13.2 Å². The van der Waals surface area contributed by atoms with E-state index in [0.29, 0.717) is 6.61 Å². The zero-order valence-corrected chi connectivity index (χ0v) is 11.0. The Bertz CT molecular complexity index is 213. The minimum atomic E-state index is -0.299. The van der Waals surface area contributed by atoms with Gasteiger partial charge in [-0.2, -0.15) is 0 Å². The van der Waals surface area contributed by atoms with Gasteiger partial charge in [0.05, 0.1) is 0 Å². The van der Waals surface area contributed by atoms with Crippen molar-refractivity contribution >= 4 is 5.84 Å². The predicted octanol–water partition coefficient (Wildman–Crippen LogP) is 2.60. The molecule has 4 nitrogen and oxygen atoms in total. The van der Waals surface area contributed by atoms with Crippen LogP contribution in [-0.4, -0.2) is 24.3 Å². The van der Waals surface area contributed by atoms with E-state index in [-0.39, 0.29) is 11.3 Å². The summed E-state index contributed by atoms with van der Waals surface area (Å²) in [6, 6.07) is 0. The third kappa shape index (κ3) is 6.67. The monoisotopic (exact) mass is 230 g/mol. The molecule has 0 aromatic heterocycles. The minimum absolute atomic E-state index is 0.262. The van der Waals surface area contributed by atoms with Gasteiger partial charge in [-0.25, -0.2) is 0 Å². The van der Waals surface area contributed by atoms with Crippen molar-refractivity contribution in [1.29, 1.82) is 0 Å². The molecule has 0 unspecified atom stereocenters. The molecule has 0 atom stereocenters. The van der Waals surface area contributed by atoms with Crippen molar-refractivity contribution in [3.8, 4) is 0 Å². The largest absolute Gasteiger partial charge is 0.409 e. The minimum Gasteiger partial charge on any atom is -0.409 e. The first kappa shape index (κ1) is 15.2. The van der Waals surface area contributed by atoms with Crippen LogP contribution in [0.15, 0.2) is 5.16 Å². The van der Waals surface area contributed by atoms with Gasteiger partial charge < -0.3 is 15.7 Å². The summed E-state index contributed by atoms with van der Waals surface area (Å²) in [5.74, 6) is 0.996. The molecule has 0 spiro atoms. The highest BCUT2D eigenvalue weighted by Crippen LogP contribution is 2.20. The molecule has 3 N–H and O–H groups in total. The zero-order valence-electron chi connectivity index (χ0n) is 11.0. The van der Waals surface area contributed by atoms with Gasteiger partial charge in [-0.05, 0) is 25.2 Å². The Balaban J connectivity index is 3.59. The van der Waals surface area contributed by atoms with E-state index in [1.807, 2.05) is 13.8 Å². The molecule has 0 aromatic rings. The molecule has 96 valence electrons. The average molecular weight is 230 g/mol. The Morgan fingerprint density at radius 1 is 1.38 bits per heavy atom. The van der Waals surface area contributed by atoms with Crippen LogP contribution >= 0.6 is 0 Å². The van der Waals surface area contributed by atoms with Crippen molar-refractivity contribution < 1.29 is 9.94 Å². The molecule has 0 saturated carbocycles. The van der Waals surface area contributed by atoms with Crippen LogP contribution in [0.25, 0.3) is 0 Å². The highest BCUT2D eigenvalue weighted by Gasteiger charge is 2.22. The van der Waals surface area contributed by atoms with E-state index in [4.69, 9.17) is 15.7 Å². The molecule has 16 heavy (non-hydrogen) atoms. The Kier molecular flexibility index (Phi) is 7.13. The van der Waals surface area contributed by atoms with Crippen LogP contribution in [0.3, 0.4) is 0 Å². The fraction of sp³-hybridized carbons (Fsp3) is 0.917. The van der Waals surface area contributed by atoms with Crippen molar-refractivity contribution in [2.45, 2.75) is 47.0 Å². The molecule has 0 aliphatic rings. The number of nitrogens with two attached hydrogens (primary N) is 1. The van der Waals surface area contributed by atoms with E-state index in [0.717, 1.165) is 25.4 Å². The Hall–Kier alpha value is -0.770. The first-order chi connectivity index (χ1) is 7.40. The maximum Gasteiger partial charge on any atom is 0.144 e. The first-order valence-corrected chi connectivity index (χ1v) is 5.96. The van der Waals surface area contributed by atoms with E-state index < -0.39 is 0 Å². The molecule has 0 radical (unpaired) electrons. The lowest BCUT2D eigenvalue weighted by molar-refractivity contribution is 0.110. The summed E-state index contributed by atoms with van der Waals surface area (Å²) in [7, 11) is 0. The number of ether oxygens (including phenoxy) is 1. The fourth-order valence-corrected chi connectivity index (χ4v) is 1.29. The number of rotatable bonds is 8. The standard InChI is InChI=1S/C12H26N2O2/c1-10(2)6-5-8-16-9-7-12(3,4)11(13)14-15/h10,15H,5-9H2,1-4H3,(H2,13,14). The van der Waals surface area contributed by atoms with E-state index in [1.165, 1.54) is 6.42 Å². The summed E-state index contributed by atoms with van der Waals surface area (Å²) in [5.41, 5.74) is 5.28. The lowest BCUT2D eigenvalue weighted by atomic mass is 9.88. The van der Waals surface area contributed by atoms with Crippen molar-refractivity contribution in [3.63, 3.8) is 0 Å². The first-order valence-electron chi connectivity index (χ1n) is 5.96. The van der Waals surface area contributed by atoms with Crippen molar-refractivity contribution in [3.05, 3.63) is 0 Å². The van der Waals surface area contributed by atoms with E-state index >= 15 is 0 Å². The smallest absolute Gasteiger partial charge is 0.144 e.